The summed E-state index contributed by atoms with van der Waals surface area (Å²) in [7, 11) is 0. The van der Waals surface area contributed by atoms with E-state index in [1.165, 1.54) is 0 Å². The smallest absolute Gasteiger partial charge is 0.225 e. The Hall–Kier alpha value is -2.44. The highest BCUT2D eigenvalue weighted by atomic mass is 16.2. The molecule has 0 saturated carbocycles. The van der Waals surface area contributed by atoms with Crippen molar-refractivity contribution in [3.8, 4) is 0 Å². The molecule has 2 N–H and O–H groups in total. The first kappa shape index (κ1) is 21.6. The molecule has 0 rings (SSSR count). The fraction of sp³-hybridized carbons (Fsp3) is 0.857. The second-order valence-electron chi connectivity index (χ2n) is 5.31. The molecule has 24 heavy (non-hydrogen) atoms. The second kappa shape index (κ2) is 16.9. The van der Waals surface area contributed by atoms with Crippen molar-refractivity contribution in [3.63, 3.8) is 0 Å². The lowest BCUT2D eigenvalue weighted by atomic mass is 10.1. The highest BCUT2D eigenvalue weighted by molar-refractivity contribution is 5.78. The van der Waals surface area contributed by atoms with Crippen LogP contribution in [0, 0.1) is 0 Å². The monoisotopic (exact) mass is 338 g/mol. The van der Waals surface area contributed by atoms with Gasteiger partial charge in [-0.25, -0.2) is 0 Å². The molecule has 0 aliphatic rings. The lowest BCUT2D eigenvalue weighted by Crippen LogP contribution is -2.26. The van der Waals surface area contributed by atoms with E-state index in [4.69, 9.17) is 11.1 Å². The van der Waals surface area contributed by atoms with E-state index in [1.807, 2.05) is 0 Å². The van der Waals surface area contributed by atoms with E-state index in [1.54, 1.807) is 0 Å². The molecule has 10 heteroatoms. The van der Waals surface area contributed by atoms with Gasteiger partial charge in [0.05, 0.1) is 0 Å². The van der Waals surface area contributed by atoms with Gasteiger partial charge in [0.1, 0.15) is 13.1 Å². The van der Waals surface area contributed by atoms with Gasteiger partial charge in [-0.05, 0) is 23.9 Å². The molecule has 0 unspecified atom stereocenters. The number of hydrogen-bond acceptors (Lipinski definition) is 4. The van der Waals surface area contributed by atoms with Gasteiger partial charge in [-0.3, -0.25) is 9.59 Å². The van der Waals surface area contributed by atoms with Crippen molar-refractivity contribution in [2.45, 2.75) is 51.4 Å². The van der Waals surface area contributed by atoms with E-state index in [9.17, 15) is 9.59 Å². The maximum absolute atomic E-state index is 11.1. The van der Waals surface area contributed by atoms with Crippen LogP contribution >= 0.6 is 0 Å². The van der Waals surface area contributed by atoms with E-state index in [-0.39, 0.29) is 24.9 Å². The third-order valence-corrected chi connectivity index (χ3v) is 3.30. The maximum Gasteiger partial charge on any atom is 0.225 e. The maximum atomic E-state index is 11.1. The zero-order valence-corrected chi connectivity index (χ0v) is 14.0. The summed E-state index contributed by atoms with van der Waals surface area (Å²) in [6.45, 7) is 0.968. The standard InChI is InChI=1S/C14H26N8O2/c15-21-19-11-13(23)17-9-7-5-3-1-2-4-6-8-10-18-14(24)12-20-22-16/h1-12H2,(H,17,23)(H,18,24). The summed E-state index contributed by atoms with van der Waals surface area (Å²) in [5, 5.41) is 11.8. The van der Waals surface area contributed by atoms with Crippen molar-refractivity contribution in [1.29, 1.82) is 0 Å². The second-order valence-corrected chi connectivity index (χ2v) is 5.31. The van der Waals surface area contributed by atoms with Crippen molar-refractivity contribution in [3.05, 3.63) is 20.9 Å². The minimum atomic E-state index is -0.237. The Morgan fingerprint density at radius 1 is 0.667 bits per heavy atom. The van der Waals surface area contributed by atoms with E-state index < -0.39 is 0 Å². The average Bonchev–Trinajstić information content (AvgIpc) is 2.58. The van der Waals surface area contributed by atoms with Crippen molar-refractivity contribution >= 4 is 11.8 Å². The molecule has 0 aliphatic carbocycles. The van der Waals surface area contributed by atoms with Crippen molar-refractivity contribution in [1.82, 2.24) is 10.6 Å². The number of unbranched alkanes of at least 4 members (excludes halogenated alkanes) is 7. The Balaban J connectivity index is 3.23. The SMILES string of the molecule is [N-]=[N+]=NCC(=O)NCCCCCCCCCCNC(=O)CN=[N+]=[N-]. The van der Waals surface area contributed by atoms with Crippen LogP contribution in [0.1, 0.15) is 51.4 Å². The Morgan fingerprint density at radius 3 is 1.33 bits per heavy atom. The third-order valence-electron chi connectivity index (χ3n) is 3.30. The predicted octanol–water partition coefficient (Wildman–Crippen LogP) is 2.96. The van der Waals surface area contributed by atoms with E-state index in [2.05, 4.69) is 30.7 Å². The molecule has 0 radical (unpaired) electrons. The Kier molecular flexibility index (Phi) is 15.2. The van der Waals surface area contributed by atoms with Crippen LogP contribution < -0.4 is 10.6 Å². The summed E-state index contributed by atoms with van der Waals surface area (Å²) < 4.78 is 0. The Labute approximate surface area is 141 Å². The van der Waals surface area contributed by atoms with Crippen LogP contribution in [0.2, 0.25) is 0 Å². The van der Waals surface area contributed by atoms with Crippen LogP contribution in [-0.2, 0) is 9.59 Å². The summed E-state index contributed by atoms with van der Waals surface area (Å²) in [6, 6.07) is 0. The molecule has 0 saturated heterocycles. The molecule has 2 amide bonds. The minimum absolute atomic E-state index is 0.136. The Bertz CT molecular complexity index is 414. The van der Waals surface area contributed by atoms with Crippen molar-refractivity contribution < 1.29 is 9.59 Å². The molecular weight excluding hydrogens is 312 g/mol. The van der Waals surface area contributed by atoms with E-state index in [0.717, 1.165) is 51.4 Å². The molecule has 0 aromatic rings. The molecule has 0 fully saturated rings. The van der Waals surface area contributed by atoms with Gasteiger partial charge in [0.25, 0.3) is 0 Å². The molecule has 0 aromatic carbocycles. The number of rotatable bonds is 15. The number of nitrogens with one attached hydrogen (secondary N) is 2. The van der Waals surface area contributed by atoms with Gasteiger partial charge in [-0.1, -0.05) is 48.8 Å². The van der Waals surface area contributed by atoms with Crippen LogP contribution in [0.4, 0.5) is 0 Å². The lowest BCUT2D eigenvalue weighted by molar-refractivity contribution is -0.120. The number of hydrogen-bond donors (Lipinski definition) is 2. The summed E-state index contributed by atoms with van der Waals surface area (Å²) in [4.78, 5) is 27.3. The zero-order valence-electron chi connectivity index (χ0n) is 14.0. The number of azide groups is 2. The zero-order chi connectivity index (χ0) is 17.9. The molecule has 0 aliphatic heterocycles. The van der Waals surface area contributed by atoms with E-state index in [0.29, 0.717) is 13.1 Å². The molecule has 0 heterocycles. The highest BCUT2D eigenvalue weighted by Gasteiger charge is 1.99. The topological polar surface area (TPSA) is 156 Å². The minimum Gasteiger partial charge on any atom is -0.356 e. The quantitative estimate of drug-likeness (QED) is 0.204. The first-order chi connectivity index (χ1) is 11.7. The van der Waals surface area contributed by atoms with E-state index >= 15 is 0 Å². The van der Waals surface area contributed by atoms with Crippen molar-refractivity contribution in [2.75, 3.05) is 26.2 Å². The van der Waals surface area contributed by atoms with Crippen LogP contribution in [0.3, 0.4) is 0 Å². The number of carbonyl (C=O) groups excluding carboxylic acids is 2. The fourth-order valence-electron chi connectivity index (χ4n) is 2.07. The summed E-state index contributed by atoms with van der Waals surface area (Å²) in [5.41, 5.74) is 16.2. The van der Waals surface area contributed by atoms with Gasteiger partial charge in [-0.2, -0.15) is 0 Å². The summed E-state index contributed by atoms with van der Waals surface area (Å²) >= 11 is 0. The molecule has 0 atom stereocenters. The van der Waals surface area contributed by atoms with Gasteiger partial charge >= 0.3 is 0 Å². The van der Waals surface area contributed by atoms with Gasteiger partial charge < -0.3 is 10.6 Å². The number of carbonyl (C=O) groups is 2. The van der Waals surface area contributed by atoms with Crippen LogP contribution in [0.25, 0.3) is 20.9 Å². The van der Waals surface area contributed by atoms with Crippen LogP contribution in [-0.4, -0.2) is 38.0 Å². The number of nitrogens with zero attached hydrogens (tertiary/aromatic N) is 6. The highest BCUT2D eigenvalue weighted by Crippen LogP contribution is 2.08. The van der Waals surface area contributed by atoms with Gasteiger partial charge in [-0.15, -0.1) is 0 Å². The first-order valence-electron chi connectivity index (χ1n) is 8.25. The predicted molar refractivity (Wildman–Crippen MR) is 91.0 cm³/mol. The normalized spacial score (nSPS) is 9.50. The summed E-state index contributed by atoms with van der Waals surface area (Å²) in [5.74, 6) is -0.473. The average molecular weight is 338 g/mol. The molecular formula is C14H26N8O2. The molecule has 134 valence electrons. The third kappa shape index (κ3) is 15.9. The first-order valence-corrected chi connectivity index (χ1v) is 8.25. The van der Waals surface area contributed by atoms with Gasteiger partial charge in [0.2, 0.25) is 11.8 Å². The molecule has 0 bridgehead atoms. The van der Waals surface area contributed by atoms with Crippen LogP contribution in [0.5, 0.6) is 0 Å². The molecule has 0 spiro atoms. The van der Waals surface area contributed by atoms with Gasteiger partial charge in [0, 0.05) is 22.9 Å². The molecule has 10 nitrogen and oxygen atoms in total. The summed E-state index contributed by atoms with van der Waals surface area (Å²) in [6.07, 6.45) is 8.59. The lowest BCUT2D eigenvalue weighted by Gasteiger charge is -2.05. The van der Waals surface area contributed by atoms with Crippen LogP contribution in [0.15, 0.2) is 10.2 Å². The Morgan fingerprint density at radius 2 is 1.00 bits per heavy atom. The largest absolute Gasteiger partial charge is 0.356 e. The fourth-order valence-corrected chi connectivity index (χ4v) is 2.07. The number of amides is 2. The van der Waals surface area contributed by atoms with Gasteiger partial charge in [0.15, 0.2) is 0 Å². The van der Waals surface area contributed by atoms with Crippen molar-refractivity contribution in [2.24, 2.45) is 10.2 Å². The molecule has 0 aromatic heterocycles.